The number of morpholine rings is 1. The number of hydrogen-bond acceptors (Lipinski definition) is 7. The van der Waals surface area contributed by atoms with Crippen LogP contribution in [0.3, 0.4) is 0 Å². The Balaban J connectivity index is 1.68. The minimum atomic E-state index is -1.66. The van der Waals surface area contributed by atoms with E-state index in [9.17, 15) is 24.5 Å². The molecule has 31 heavy (non-hydrogen) atoms. The molecule has 0 aromatic heterocycles. The number of ether oxygens (including phenoxy) is 1. The van der Waals surface area contributed by atoms with Gasteiger partial charge in [-0.3, -0.25) is 25.0 Å². The lowest BCUT2D eigenvalue weighted by molar-refractivity contribution is -0.384. The maximum Gasteiger partial charge on any atom is 0.335 e. The second-order valence-electron chi connectivity index (χ2n) is 7.74. The average Bonchev–Trinajstić information content (AvgIpc) is 2.78. The van der Waals surface area contributed by atoms with E-state index in [0.29, 0.717) is 24.4 Å². The number of nitro benzene ring substituents is 1. The number of nitrogens with zero attached hydrogens (tertiary/aromatic N) is 3. The minimum absolute atomic E-state index is 0.0736. The molecule has 0 aliphatic carbocycles. The van der Waals surface area contributed by atoms with Crippen LogP contribution in [0.4, 0.5) is 21.9 Å². The number of carbonyl (C=O) groups excluding carboxylic acids is 3. The molecule has 0 bridgehead atoms. The number of rotatable bonds is 2. The van der Waals surface area contributed by atoms with Crippen LogP contribution in [0.25, 0.3) is 0 Å². The van der Waals surface area contributed by atoms with Crippen LogP contribution in [-0.2, 0) is 20.7 Å². The fraction of sp³-hybridized carbons (Fsp3) is 0.286. The molecule has 2 atom stereocenters. The van der Waals surface area contributed by atoms with Gasteiger partial charge in [-0.15, -0.1) is 0 Å². The zero-order chi connectivity index (χ0) is 21.8. The van der Waals surface area contributed by atoms with E-state index in [-0.39, 0.29) is 18.7 Å². The molecule has 0 saturated carbocycles. The highest BCUT2D eigenvalue weighted by atomic mass is 16.6. The lowest BCUT2D eigenvalue weighted by Gasteiger charge is -2.53. The van der Waals surface area contributed by atoms with Crippen molar-refractivity contribution in [3.05, 3.63) is 64.2 Å². The standard InChI is InChI=1S/C21H18N4O6/c26-18-21(19(27)24(20(28)22-18)14-4-2-1-3-5-14)11-13-10-15(25(29)30)6-7-16(13)23-8-9-31-12-17(21)23/h1-7,10,17H,8-9,11-12H2,(H,22,26,28)/t17-,21-/m1/s1. The lowest BCUT2D eigenvalue weighted by Crippen LogP contribution is -2.74. The van der Waals surface area contributed by atoms with Gasteiger partial charge < -0.3 is 9.64 Å². The normalized spacial score (nSPS) is 25.2. The van der Waals surface area contributed by atoms with E-state index in [4.69, 9.17) is 4.74 Å². The molecule has 2 aromatic carbocycles. The smallest absolute Gasteiger partial charge is 0.335 e. The second kappa shape index (κ2) is 6.88. The molecule has 0 unspecified atom stereocenters. The van der Waals surface area contributed by atoms with Gasteiger partial charge >= 0.3 is 6.03 Å². The number of non-ortho nitro benzene ring substituents is 1. The largest absolute Gasteiger partial charge is 0.377 e. The van der Waals surface area contributed by atoms with E-state index in [0.717, 1.165) is 10.6 Å². The molecule has 1 spiro atoms. The first kappa shape index (κ1) is 19.2. The maximum absolute atomic E-state index is 13.8. The molecular formula is C21H18N4O6. The Kier molecular flexibility index (Phi) is 4.26. The van der Waals surface area contributed by atoms with E-state index in [1.807, 2.05) is 4.90 Å². The molecule has 2 fully saturated rings. The average molecular weight is 422 g/mol. The third-order valence-electron chi connectivity index (χ3n) is 6.18. The van der Waals surface area contributed by atoms with Crippen LogP contribution in [0, 0.1) is 15.5 Å². The van der Waals surface area contributed by atoms with Gasteiger partial charge in [0.1, 0.15) is 0 Å². The molecule has 158 valence electrons. The summed E-state index contributed by atoms with van der Waals surface area (Å²) in [6.45, 7) is 0.920. The third-order valence-corrected chi connectivity index (χ3v) is 6.18. The number of carbonyl (C=O) groups is 3. The van der Waals surface area contributed by atoms with Crippen LogP contribution in [0.1, 0.15) is 5.56 Å². The summed E-state index contributed by atoms with van der Waals surface area (Å²) in [5.41, 5.74) is -0.205. The van der Waals surface area contributed by atoms with Crippen molar-refractivity contribution in [2.45, 2.75) is 12.5 Å². The van der Waals surface area contributed by atoms with Gasteiger partial charge in [0.25, 0.3) is 11.6 Å². The summed E-state index contributed by atoms with van der Waals surface area (Å²) >= 11 is 0. The molecule has 10 heteroatoms. The van der Waals surface area contributed by atoms with E-state index in [1.165, 1.54) is 12.1 Å². The molecule has 5 rings (SSSR count). The first-order valence-corrected chi connectivity index (χ1v) is 9.80. The van der Waals surface area contributed by atoms with Crippen molar-refractivity contribution in [2.24, 2.45) is 5.41 Å². The number of barbiturate groups is 1. The van der Waals surface area contributed by atoms with E-state index < -0.39 is 34.2 Å². The summed E-state index contributed by atoms with van der Waals surface area (Å²) in [6, 6.07) is 11.3. The molecule has 10 nitrogen and oxygen atoms in total. The van der Waals surface area contributed by atoms with Crippen LogP contribution in [-0.4, -0.2) is 48.6 Å². The highest BCUT2D eigenvalue weighted by molar-refractivity contribution is 6.30. The van der Waals surface area contributed by atoms with Gasteiger partial charge in [0.2, 0.25) is 5.91 Å². The lowest BCUT2D eigenvalue weighted by atomic mass is 9.68. The van der Waals surface area contributed by atoms with Gasteiger partial charge in [-0.2, -0.15) is 0 Å². The maximum atomic E-state index is 13.8. The zero-order valence-electron chi connectivity index (χ0n) is 16.3. The first-order chi connectivity index (χ1) is 14.9. The van der Waals surface area contributed by atoms with Crippen LogP contribution < -0.4 is 15.1 Å². The van der Waals surface area contributed by atoms with Gasteiger partial charge in [0.15, 0.2) is 5.41 Å². The summed E-state index contributed by atoms with van der Waals surface area (Å²) in [7, 11) is 0. The zero-order valence-corrected chi connectivity index (χ0v) is 16.3. The van der Waals surface area contributed by atoms with Crippen molar-refractivity contribution in [1.29, 1.82) is 0 Å². The number of nitro groups is 1. The summed E-state index contributed by atoms with van der Waals surface area (Å²) in [5, 5.41) is 13.6. The molecule has 2 saturated heterocycles. The molecule has 3 heterocycles. The molecule has 2 aromatic rings. The van der Waals surface area contributed by atoms with Crippen molar-refractivity contribution < 1.29 is 24.0 Å². The van der Waals surface area contributed by atoms with Crippen molar-refractivity contribution in [2.75, 3.05) is 29.6 Å². The molecule has 0 radical (unpaired) electrons. The fourth-order valence-corrected chi connectivity index (χ4v) is 4.74. The first-order valence-electron chi connectivity index (χ1n) is 9.80. The topological polar surface area (TPSA) is 122 Å². The Morgan fingerprint density at radius 1 is 1.13 bits per heavy atom. The van der Waals surface area contributed by atoms with Gasteiger partial charge in [0.05, 0.1) is 29.9 Å². The van der Waals surface area contributed by atoms with Gasteiger partial charge in [-0.25, -0.2) is 9.69 Å². The van der Waals surface area contributed by atoms with Gasteiger partial charge in [0, 0.05) is 30.8 Å². The molecule has 4 amide bonds. The Bertz CT molecular complexity index is 1120. The summed E-state index contributed by atoms with van der Waals surface area (Å²) in [4.78, 5) is 53.4. The monoisotopic (exact) mass is 422 g/mol. The number of benzene rings is 2. The Morgan fingerprint density at radius 2 is 1.90 bits per heavy atom. The third kappa shape index (κ3) is 2.72. The summed E-state index contributed by atoms with van der Waals surface area (Å²) < 4.78 is 5.62. The predicted molar refractivity (Wildman–Crippen MR) is 109 cm³/mol. The number of para-hydroxylation sites is 1. The summed E-state index contributed by atoms with van der Waals surface area (Å²) in [6.07, 6.45) is -0.0736. The molecular weight excluding hydrogens is 404 g/mol. The number of urea groups is 1. The summed E-state index contributed by atoms with van der Waals surface area (Å²) in [5.74, 6) is -1.38. The van der Waals surface area contributed by atoms with Crippen molar-refractivity contribution >= 4 is 34.9 Å². The number of anilines is 2. The molecule has 3 aliphatic heterocycles. The van der Waals surface area contributed by atoms with Gasteiger partial charge in [-0.05, 0) is 23.8 Å². The SMILES string of the molecule is O=C1NC(=O)[C@]2(Cc3cc([N+](=O)[O-])ccc3N3CCOC[C@@H]32)C(=O)N1c1ccccc1. The Morgan fingerprint density at radius 3 is 2.65 bits per heavy atom. The second-order valence-corrected chi connectivity index (χ2v) is 7.74. The van der Waals surface area contributed by atoms with E-state index in [2.05, 4.69) is 5.32 Å². The predicted octanol–water partition coefficient (Wildman–Crippen LogP) is 1.63. The highest BCUT2D eigenvalue weighted by Gasteiger charge is 2.63. The van der Waals surface area contributed by atoms with Crippen LogP contribution >= 0.6 is 0 Å². The van der Waals surface area contributed by atoms with Crippen molar-refractivity contribution in [3.63, 3.8) is 0 Å². The van der Waals surface area contributed by atoms with Crippen LogP contribution in [0.15, 0.2) is 48.5 Å². The number of imide groups is 2. The van der Waals surface area contributed by atoms with Gasteiger partial charge in [-0.1, -0.05) is 18.2 Å². The number of nitrogens with one attached hydrogen (secondary N) is 1. The van der Waals surface area contributed by atoms with Crippen molar-refractivity contribution in [3.8, 4) is 0 Å². The molecule has 3 aliphatic rings. The Hall–Kier alpha value is -3.79. The number of hydrogen-bond donors (Lipinski definition) is 1. The Labute approximate surface area is 176 Å². The van der Waals surface area contributed by atoms with Crippen molar-refractivity contribution in [1.82, 2.24) is 5.32 Å². The number of fused-ring (bicyclic) bond motifs is 4. The van der Waals surface area contributed by atoms with Crippen LogP contribution in [0.5, 0.6) is 0 Å². The van der Waals surface area contributed by atoms with Crippen LogP contribution in [0.2, 0.25) is 0 Å². The minimum Gasteiger partial charge on any atom is -0.377 e. The van der Waals surface area contributed by atoms with E-state index in [1.54, 1.807) is 36.4 Å². The molecule has 1 N–H and O–H groups in total. The van der Waals surface area contributed by atoms with E-state index >= 15 is 0 Å². The highest BCUT2D eigenvalue weighted by Crippen LogP contribution is 2.46. The fourth-order valence-electron chi connectivity index (χ4n) is 4.74. The quantitative estimate of drug-likeness (QED) is 0.443. The number of amides is 4.